The monoisotopic (exact) mass is 790 g/mol. The highest BCUT2D eigenvalue weighted by Crippen LogP contribution is 2.23. The zero-order chi connectivity index (χ0) is 42.1. The van der Waals surface area contributed by atoms with Crippen molar-refractivity contribution < 1.29 is 62.5 Å². The Kier molecular flexibility index (Phi) is 26.5. The second-order valence-electron chi connectivity index (χ2n) is 12.4. The van der Waals surface area contributed by atoms with Crippen molar-refractivity contribution in [2.75, 3.05) is 72.4 Å². The van der Waals surface area contributed by atoms with E-state index in [1.165, 1.54) is 14.2 Å². The molecule has 17 nitrogen and oxygen atoms in total. The number of nitrogens with one attached hydrogen (secondary N) is 2. The molecule has 0 bridgehead atoms. The average molecular weight is 791 g/mol. The fourth-order valence-electron chi connectivity index (χ4n) is 3.42. The van der Waals surface area contributed by atoms with E-state index in [1.807, 2.05) is 19.1 Å². The van der Waals surface area contributed by atoms with E-state index in [-0.39, 0.29) is 32.7 Å². The zero-order valence-electron chi connectivity index (χ0n) is 33.1. The third-order valence-corrected chi connectivity index (χ3v) is 6.26. The SMILES string of the molecule is CCOC(=O)C(=O)Cl.COC(CN)OC.COC(CNC(=O)C(=O)Nc1ccc(OCC(C)(C)O)c(C)c1)OC.Cc1cc(N)ccc1OCC(C)(C)O. The Bertz CT molecular complexity index is 1400. The van der Waals surface area contributed by atoms with Crippen molar-refractivity contribution in [2.45, 2.75) is 72.2 Å². The van der Waals surface area contributed by atoms with Crippen LogP contribution in [0, 0.1) is 13.8 Å². The molecule has 8 N–H and O–H groups in total. The van der Waals surface area contributed by atoms with Gasteiger partial charge in [-0.2, -0.15) is 0 Å². The first-order valence-electron chi connectivity index (χ1n) is 16.5. The van der Waals surface area contributed by atoms with E-state index >= 15 is 0 Å². The number of nitrogen functional groups attached to an aromatic ring is 1. The van der Waals surface area contributed by atoms with Crippen LogP contribution in [0.2, 0.25) is 0 Å². The summed E-state index contributed by atoms with van der Waals surface area (Å²) in [5, 5.41) is 23.0. The minimum atomic E-state index is -1.08. The number of amides is 2. The zero-order valence-corrected chi connectivity index (χ0v) is 33.8. The van der Waals surface area contributed by atoms with Crippen molar-refractivity contribution in [3.63, 3.8) is 0 Å². The van der Waals surface area contributed by atoms with Gasteiger partial charge >= 0.3 is 23.0 Å². The summed E-state index contributed by atoms with van der Waals surface area (Å²) >= 11 is 4.69. The van der Waals surface area contributed by atoms with Crippen LogP contribution in [0.1, 0.15) is 45.7 Å². The topological polar surface area (TPSA) is 249 Å². The predicted octanol–water partition coefficient (Wildman–Crippen LogP) is 2.42. The molecule has 2 aromatic rings. The molecular formula is C36H59ClN4O13. The lowest BCUT2D eigenvalue weighted by Gasteiger charge is -2.19. The summed E-state index contributed by atoms with van der Waals surface area (Å²) < 4.78 is 34.4. The fourth-order valence-corrected chi connectivity index (χ4v) is 3.47. The molecule has 2 amide bonds. The van der Waals surface area contributed by atoms with Crippen LogP contribution in [0.15, 0.2) is 36.4 Å². The molecule has 0 aliphatic carbocycles. The molecule has 0 atom stereocenters. The largest absolute Gasteiger partial charge is 0.490 e. The maximum absolute atomic E-state index is 11.9. The summed E-state index contributed by atoms with van der Waals surface area (Å²) in [7, 11) is 5.98. The fraction of sp³-hybridized carbons (Fsp3) is 0.556. The first-order valence-corrected chi connectivity index (χ1v) is 16.9. The van der Waals surface area contributed by atoms with Gasteiger partial charge in [-0.05, 0) is 108 Å². The first-order chi connectivity index (χ1) is 25.1. The van der Waals surface area contributed by atoms with Gasteiger partial charge in [0.15, 0.2) is 12.6 Å². The number of ether oxygens (including phenoxy) is 7. The molecule has 54 heavy (non-hydrogen) atoms. The molecule has 0 aliphatic rings. The molecule has 308 valence electrons. The van der Waals surface area contributed by atoms with Crippen LogP contribution in [0.5, 0.6) is 11.5 Å². The molecule has 0 aliphatic heterocycles. The number of anilines is 2. The molecule has 0 aromatic heterocycles. The second kappa shape index (κ2) is 27.5. The number of benzene rings is 2. The van der Waals surface area contributed by atoms with Crippen molar-refractivity contribution in [1.29, 1.82) is 0 Å². The van der Waals surface area contributed by atoms with E-state index in [4.69, 9.17) is 51.5 Å². The van der Waals surface area contributed by atoms with Crippen LogP contribution in [0.25, 0.3) is 0 Å². The van der Waals surface area contributed by atoms with Gasteiger partial charge in [-0.25, -0.2) is 4.79 Å². The standard InChI is InChI=1S/C17H26N2O6.C11H17NO2.C4H5ClO3.C4H11NO2/c1-11-8-12(6-7-13(11)25-10-17(2,3)22)19-16(21)15(20)18-9-14(23-4)24-5;1-8-6-9(12)4-5-10(8)14-7-11(2,3)13;1-2-8-4(7)3(5)6;1-6-4(3-5)7-2/h6-8,14,22H,9-10H2,1-5H3,(H,18,20)(H,19,21);4-6,13H,7,12H2,1-3H3;2H2,1H3;4H,3,5H2,1-2H3. The summed E-state index contributed by atoms with van der Waals surface area (Å²) in [5.74, 6) is -1.22. The summed E-state index contributed by atoms with van der Waals surface area (Å²) in [6.45, 7) is 13.1. The van der Waals surface area contributed by atoms with Gasteiger partial charge in [0, 0.05) is 46.4 Å². The lowest BCUT2D eigenvalue weighted by Crippen LogP contribution is -2.40. The normalized spacial score (nSPS) is 10.8. The van der Waals surface area contributed by atoms with Gasteiger partial charge < -0.3 is 65.5 Å². The summed E-state index contributed by atoms with van der Waals surface area (Å²) in [5.41, 5.74) is 11.9. The maximum atomic E-state index is 11.9. The minimum absolute atomic E-state index is 0.0575. The quantitative estimate of drug-likeness (QED) is 0.0470. The highest BCUT2D eigenvalue weighted by molar-refractivity contribution is 6.80. The van der Waals surface area contributed by atoms with Gasteiger partial charge in [0.25, 0.3) is 0 Å². The number of hydrogen-bond acceptors (Lipinski definition) is 15. The number of nitrogens with two attached hydrogens (primary N) is 2. The smallest absolute Gasteiger partial charge is 0.391 e. The Morgan fingerprint density at radius 3 is 1.57 bits per heavy atom. The molecule has 0 heterocycles. The Balaban J connectivity index is 0. The predicted molar refractivity (Wildman–Crippen MR) is 204 cm³/mol. The molecule has 0 fully saturated rings. The number of carbonyl (C=O) groups excluding carboxylic acids is 4. The Labute approximate surface area is 322 Å². The Morgan fingerprint density at radius 2 is 1.24 bits per heavy atom. The van der Waals surface area contributed by atoms with E-state index in [0.717, 1.165) is 22.6 Å². The van der Waals surface area contributed by atoms with Crippen molar-refractivity contribution in [1.82, 2.24) is 5.32 Å². The number of carbonyl (C=O) groups is 4. The van der Waals surface area contributed by atoms with E-state index < -0.39 is 40.5 Å². The lowest BCUT2D eigenvalue weighted by molar-refractivity contribution is -0.149. The Hall–Kier alpha value is -4.07. The van der Waals surface area contributed by atoms with Gasteiger partial charge in [-0.15, -0.1) is 0 Å². The molecule has 0 saturated heterocycles. The number of halogens is 1. The molecule has 0 saturated carbocycles. The summed E-state index contributed by atoms with van der Waals surface area (Å²) in [6, 6.07) is 10.4. The van der Waals surface area contributed by atoms with Gasteiger partial charge in [0.1, 0.15) is 24.7 Å². The van der Waals surface area contributed by atoms with Crippen molar-refractivity contribution in [3.05, 3.63) is 47.5 Å². The van der Waals surface area contributed by atoms with Crippen molar-refractivity contribution >= 4 is 46.0 Å². The summed E-state index contributed by atoms with van der Waals surface area (Å²) in [6.07, 6.45) is -0.855. The number of esters is 1. The third-order valence-electron chi connectivity index (χ3n) is 6.11. The van der Waals surface area contributed by atoms with Crippen LogP contribution in [-0.2, 0) is 42.9 Å². The van der Waals surface area contributed by atoms with Crippen LogP contribution in [-0.4, -0.2) is 118 Å². The van der Waals surface area contributed by atoms with Crippen LogP contribution >= 0.6 is 11.6 Å². The van der Waals surface area contributed by atoms with Gasteiger partial charge in [-0.1, -0.05) is 0 Å². The van der Waals surface area contributed by atoms with Gasteiger partial charge in [0.2, 0.25) is 0 Å². The number of methoxy groups -OCH3 is 4. The van der Waals surface area contributed by atoms with Crippen molar-refractivity contribution in [2.24, 2.45) is 5.73 Å². The lowest BCUT2D eigenvalue weighted by atomic mass is 10.1. The highest BCUT2D eigenvalue weighted by Gasteiger charge is 2.18. The van der Waals surface area contributed by atoms with E-state index in [9.17, 15) is 29.4 Å². The average Bonchev–Trinajstić information content (AvgIpc) is 3.08. The maximum Gasteiger partial charge on any atom is 0.391 e. The minimum Gasteiger partial charge on any atom is -0.490 e. The molecular weight excluding hydrogens is 732 g/mol. The number of hydrogen-bond donors (Lipinski definition) is 6. The van der Waals surface area contributed by atoms with E-state index in [1.54, 1.807) is 80.0 Å². The van der Waals surface area contributed by atoms with Crippen LogP contribution < -0.4 is 31.6 Å². The van der Waals surface area contributed by atoms with Gasteiger partial charge in [-0.3, -0.25) is 14.4 Å². The molecule has 2 rings (SSSR count). The second-order valence-corrected chi connectivity index (χ2v) is 12.7. The molecule has 0 radical (unpaired) electrons. The van der Waals surface area contributed by atoms with Gasteiger partial charge in [0.05, 0.1) is 24.4 Å². The molecule has 2 aromatic carbocycles. The Morgan fingerprint density at radius 1 is 0.778 bits per heavy atom. The third kappa shape index (κ3) is 25.8. The highest BCUT2D eigenvalue weighted by atomic mass is 35.5. The van der Waals surface area contributed by atoms with E-state index in [0.29, 0.717) is 18.0 Å². The molecule has 0 spiro atoms. The number of aliphatic hydroxyl groups is 2. The van der Waals surface area contributed by atoms with Crippen LogP contribution in [0.3, 0.4) is 0 Å². The molecule has 0 unspecified atom stereocenters. The number of aryl methyl sites for hydroxylation is 2. The molecule has 18 heteroatoms. The van der Waals surface area contributed by atoms with Crippen LogP contribution in [0.4, 0.5) is 11.4 Å². The van der Waals surface area contributed by atoms with Crippen molar-refractivity contribution in [3.8, 4) is 11.5 Å². The number of rotatable bonds is 16. The summed E-state index contributed by atoms with van der Waals surface area (Å²) in [4.78, 5) is 43.5. The van der Waals surface area contributed by atoms with E-state index in [2.05, 4.69) is 15.4 Å². The first kappa shape index (κ1) is 52.0.